The molecule has 0 unspecified atom stereocenters. The van der Waals surface area contributed by atoms with E-state index in [1.807, 2.05) is 29.2 Å². The van der Waals surface area contributed by atoms with Crippen LogP contribution < -0.4 is 4.90 Å². The van der Waals surface area contributed by atoms with Gasteiger partial charge < -0.3 is 19.5 Å². The summed E-state index contributed by atoms with van der Waals surface area (Å²) in [6.45, 7) is 7.03. The van der Waals surface area contributed by atoms with Crippen LogP contribution in [0.4, 0.5) is 5.69 Å². The SMILES string of the molecule is O=C(CN1CCOCC1)N1CCCN(c2cccc(-c3nc4ccccc4[nH]3)c2)CC1. The first-order valence-corrected chi connectivity index (χ1v) is 11.1. The van der Waals surface area contributed by atoms with Gasteiger partial charge in [0.05, 0.1) is 30.8 Å². The standard InChI is InChI=1S/C24H29N5O2/c30-23(18-27-13-15-31-16-14-27)29-10-4-9-28(11-12-29)20-6-3-5-19(17-20)24-25-21-7-1-2-8-22(21)26-24/h1-3,5-8,17H,4,9-16,18H2,(H,25,26). The molecule has 0 atom stereocenters. The maximum absolute atomic E-state index is 12.8. The van der Waals surface area contributed by atoms with E-state index in [4.69, 9.17) is 9.72 Å². The summed E-state index contributed by atoms with van der Waals surface area (Å²) in [6, 6.07) is 16.6. The number of morpholine rings is 1. The van der Waals surface area contributed by atoms with Crippen LogP contribution in [0.2, 0.25) is 0 Å². The van der Waals surface area contributed by atoms with Crippen molar-refractivity contribution in [1.82, 2.24) is 19.8 Å². The van der Waals surface area contributed by atoms with E-state index in [0.29, 0.717) is 6.54 Å². The zero-order valence-corrected chi connectivity index (χ0v) is 17.8. The zero-order chi connectivity index (χ0) is 21.0. The fourth-order valence-electron chi connectivity index (χ4n) is 4.42. The van der Waals surface area contributed by atoms with Crippen LogP contribution in [-0.2, 0) is 9.53 Å². The molecule has 3 heterocycles. The number of rotatable bonds is 4. The Kier molecular flexibility index (Phi) is 5.86. The van der Waals surface area contributed by atoms with Crippen molar-refractivity contribution in [2.75, 3.05) is 63.9 Å². The fraction of sp³-hybridized carbons (Fsp3) is 0.417. The number of aromatic amines is 1. The molecule has 0 aliphatic carbocycles. The summed E-state index contributed by atoms with van der Waals surface area (Å²) in [5.41, 5.74) is 4.29. The maximum Gasteiger partial charge on any atom is 0.236 e. The lowest BCUT2D eigenvalue weighted by Crippen LogP contribution is -2.45. The topological polar surface area (TPSA) is 64.7 Å². The van der Waals surface area contributed by atoms with Crippen LogP contribution in [0.1, 0.15) is 6.42 Å². The molecular formula is C24H29N5O2. The maximum atomic E-state index is 12.8. The third kappa shape index (κ3) is 4.57. The molecule has 1 N–H and O–H groups in total. The Balaban J connectivity index is 1.25. The molecule has 7 nitrogen and oxygen atoms in total. The summed E-state index contributed by atoms with van der Waals surface area (Å²) in [6.07, 6.45) is 0.976. The first kappa shape index (κ1) is 20.0. The number of anilines is 1. The molecule has 162 valence electrons. The van der Waals surface area contributed by atoms with Crippen LogP contribution in [0.3, 0.4) is 0 Å². The average molecular weight is 420 g/mol. The Morgan fingerprint density at radius 3 is 2.71 bits per heavy atom. The van der Waals surface area contributed by atoms with Crippen molar-refractivity contribution in [2.24, 2.45) is 0 Å². The largest absolute Gasteiger partial charge is 0.379 e. The summed E-state index contributed by atoms with van der Waals surface area (Å²) in [4.78, 5) is 27.6. The van der Waals surface area contributed by atoms with Crippen LogP contribution in [0.25, 0.3) is 22.4 Å². The highest BCUT2D eigenvalue weighted by Gasteiger charge is 2.22. The van der Waals surface area contributed by atoms with Crippen molar-refractivity contribution in [1.29, 1.82) is 0 Å². The van der Waals surface area contributed by atoms with Gasteiger partial charge in [-0.2, -0.15) is 0 Å². The van der Waals surface area contributed by atoms with Gasteiger partial charge in [-0.05, 0) is 30.7 Å². The molecule has 2 saturated heterocycles. The van der Waals surface area contributed by atoms with Gasteiger partial charge in [0.1, 0.15) is 5.82 Å². The molecule has 5 rings (SSSR count). The number of hydrogen-bond acceptors (Lipinski definition) is 5. The fourth-order valence-corrected chi connectivity index (χ4v) is 4.42. The van der Waals surface area contributed by atoms with E-state index < -0.39 is 0 Å². The number of amides is 1. The van der Waals surface area contributed by atoms with Crippen molar-refractivity contribution in [3.63, 3.8) is 0 Å². The number of ether oxygens (including phenoxy) is 1. The molecule has 2 fully saturated rings. The van der Waals surface area contributed by atoms with E-state index in [-0.39, 0.29) is 5.91 Å². The number of carbonyl (C=O) groups excluding carboxylic acids is 1. The van der Waals surface area contributed by atoms with Gasteiger partial charge in [0.2, 0.25) is 5.91 Å². The number of carbonyl (C=O) groups is 1. The number of imidazole rings is 1. The highest BCUT2D eigenvalue weighted by molar-refractivity contribution is 5.80. The van der Waals surface area contributed by atoms with Crippen LogP contribution >= 0.6 is 0 Å². The number of para-hydroxylation sites is 2. The Hall–Kier alpha value is -2.90. The zero-order valence-electron chi connectivity index (χ0n) is 17.8. The smallest absolute Gasteiger partial charge is 0.236 e. The molecule has 0 bridgehead atoms. The molecule has 2 aromatic carbocycles. The summed E-state index contributed by atoms with van der Waals surface area (Å²) in [7, 11) is 0. The highest BCUT2D eigenvalue weighted by atomic mass is 16.5. The summed E-state index contributed by atoms with van der Waals surface area (Å²) >= 11 is 0. The monoisotopic (exact) mass is 419 g/mol. The van der Waals surface area contributed by atoms with E-state index in [0.717, 1.165) is 81.3 Å². The Labute approximate surface area is 182 Å². The number of nitrogens with one attached hydrogen (secondary N) is 1. The van der Waals surface area contributed by atoms with Gasteiger partial charge in [-0.1, -0.05) is 24.3 Å². The van der Waals surface area contributed by atoms with Crippen molar-refractivity contribution >= 4 is 22.6 Å². The number of nitrogens with zero attached hydrogens (tertiary/aromatic N) is 4. The Morgan fingerprint density at radius 2 is 1.84 bits per heavy atom. The number of H-pyrrole nitrogens is 1. The number of benzene rings is 2. The molecule has 0 spiro atoms. The third-order valence-electron chi connectivity index (χ3n) is 6.19. The average Bonchev–Trinajstić information content (AvgIpc) is 3.09. The first-order valence-electron chi connectivity index (χ1n) is 11.1. The molecule has 1 amide bonds. The van der Waals surface area contributed by atoms with E-state index in [1.54, 1.807) is 0 Å². The molecule has 0 saturated carbocycles. The second-order valence-electron chi connectivity index (χ2n) is 8.26. The van der Waals surface area contributed by atoms with Crippen LogP contribution in [0, 0.1) is 0 Å². The van der Waals surface area contributed by atoms with Crippen molar-refractivity contribution in [3.05, 3.63) is 48.5 Å². The second kappa shape index (κ2) is 9.08. The minimum Gasteiger partial charge on any atom is -0.379 e. The molecule has 0 radical (unpaired) electrons. The van der Waals surface area contributed by atoms with Crippen molar-refractivity contribution in [3.8, 4) is 11.4 Å². The predicted octanol–water partition coefficient (Wildman–Crippen LogP) is 2.60. The summed E-state index contributed by atoms with van der Waals surface area (Å²) < 4.78 is 5.39. The lowest BCUT2D eigenvalue weighted by molar-refractivity contribution is -0.133. The second-order valence-corrected chi connectivity index (χ2v) is 8.26. The minimum absolute atomic E-state index is 0.236. The minimum atomic E-state index is 0.236. The molecule has 7 heteroatoms. The summed E-state index contributed by atoms with van der Waals surface area (Å²) in [5, 5.41) is 0. The van der Waals surface area contributed by atoms with Gasteiger partial charge in [0, 0.05) is 50.5 Å². The van der Waals surface area contributed by atoms with Crippen molar-refractivity contribution < 1.29 is 9.53 Å². The molecule has 1 aromatic heterocycles. The number of hydrogen-bond donors (Lipinski definition) is 1. The number of fused-ring (bicyclic) bond motifs is 1. The van der Waals surface area contributed by atoms with Crippen LogP contribution in [0.15, 0.2) is 48.5 Å². The van der Waals surface area contributed by atoms with Crippen LogP contribution in [0.5, 0.6) is 0 Å². The highest BCUT2D eigenvalue weighted by Crippen LogP contribution is 2.25. The lowest BCUT2D eigenvalue weighted by Gasteiger charge is -2.29. The molecule has 3 aromatic rings. The first-order chi connectivity index (χ1) is 15.3. The van der Waals surface area contributed by atoms with Gasteiger partial charge in [0.25, 0.3) is 0 Å². The van der Waals surface area contributed by atoms with Crippen LogP contribution in [-0.4, -0.2) is 84.7 Å². The lowest BCUT2D eigenvalue weighted by atomic mass is 10.1. The van der Waals surface area contributed by atoms with Gasteiger partial charge in [-0.15, -0.1) is 0 Å². The molecule has 2 aliphatic rings. The van der Waals surface area contributed by atoms with Gasteiger partial charge in [0.15, 0.2) is 0 Å². The van der Waals surface area contributed by atoms with E-state index in [1.165, 1.54) is 5.69 Å². The Morgan fingerprint density at radius 1 is 0.968 bits per heavy atom. The summed E-state index contributed by atoms with van der Waals surface area (Å²) in [5.74, 6) is 1.12. The van der Waals surface area contributed by atoms with E-state index in [9.17, 15) is 4.79 Å². The molecule has 2 aliphatic heterocycles. The third-order valence-corrected chi connectivity index (χ3v) is 6.19. The van der Waals surface area contributed by atoms with Gasteiger partial charge in [-0.3, -0.25) is 9.69 Å². The predicted molar refractivity (Wildman–Crippen MR) is 122 cm³/mol. The van der Waals surface area contributed by atoms with E-state index in [2.05, 4.69) is 39.0 Å². The normalized spacial score (nSPS) is 18.3. The molecule has 31 heavy (non-hydrogen) atoms. The van der Waals surface area contributed by atoms with Crippen molar-refractivity contribution in [2.45, 2.75) is 6.42 Å². The molecular weight excluding hydrogens is 390 g/mol. The quantitative estimate of drug-likeness (QED) is 0.704. The number of aromatic nitrogens is 2. The van der Waals surface area contributed by atoms with Gasteiger partial charge >= 0.3 is 0 Å². The Bertz CT molecular complexity index is 1010. The van der Waals surface area contributed by atoms with Gasteiger partial charge in [-0.25, -0.2) is 4.98 Å². The van der Waals surface area contributed by atoms with E-state index >= 15 is 0 Å².